The molecule has 5 nitrogen and oxygen atoms in total. The van der Waals surface area contributed by atoms with Gasteiger partial charge in [-0.05, 0) is 18.9 Å². The molecule has 1 aliphatic heterocycles. The zero-order chi connectivity index (χ0) is 12.8. The number of nitrogens with zero attached hydrogens (tertiary/aromatic N) is 4. The molecular formula is C13H23N5. The van der Waals surface area contributed by atoms with Crippen LogP contribution in [0.5, 0.6) is 0 Å². The van der Waals surface area contributed by atoms with E-state index in [-0.39, 0.29) is 0 Å². The van der Waals surface area contributed by atoms with Gasteiger partial charge >= 0.3 is 0 Å². The van der Waals surface area contributed by atoms with Crippen LogP contribution in [0.25, 0.3) is 0 Å². The third kappa shape index (κ3) is 3.32. The Kier molecular flexibility index (Phi) is 4.75. The van der Waals surface area contributed by atoms with Crippen LogP contribution in [0.15, 0.2) is 12.3 Å². The second-order valence-electron chi connectivity index (χ2n) is 4.83. The number of nitrogens with two attached hydrogens (primary N) is 1. The molecule has 0 unspecified atom stereocenters. The van der Waals surface area contributed by atoms with E-state index in [1.165, 1.54) is 25.7 Å². The van der Waals surface area contributed by atoms with Crippen LogP contribution in [0.1, 0.15) is 25.7 Å². The van der Waals surface area contributed by atoms with Crippen LogP contribution in [0.4, 0.5) is 11.8 Å². The monoisotopic (exact) mass is 249 g/mol. The number of hydrogen-bond donors (Lipinski definition) is 1. The summed E-state index contributed by atoms with van der Waals surface area (Å²) in [6.45, 7) is 3.62. The number of aromatic nitrogens is 2. The normalized spacial score (nSPS) is 16.4. The predicted octanol–water partition coefficient (Wildman–Crippen LogP) is 1.25. The molecule has 0 saturated carbocycles. The van der Waals surface area contributed by atoms with Gasteiger partial charge in [-0.25, -0.2) is 4.98 Å². The number of rotatable bonds is 4. The van der Waals surface area contributed by atoms with Gasteiger partial charge in [-0.1, -0.05) is 12.8 Å². The lowest BCUT2D eigenvalue weighted by Crippen LogP contribution is -2.29. The van der Waals surface area contributed by atoms with Gasteiger partial charge in [0.1, 0.15) is 5.82 Å². The van der Waals surface area contributed by atoms with E-state index in [0.29, 0.717) is 6.54 Å². The highest BCUT2D eigenvalue weighted by molar-refractivity contribution is 5.43. The van der Waals surface area contributed by atoms with Crippen molar-refractivity contribution in [2.24, 2.45) is 5.73 Å². The molecule has 0 bridgehead atoms. The molecular weight excluding hydrogens is 226 g/mol. The molecule has 1 aliphatic rings. The van der Waals surface area contributed by atoms with E-state index in [2.05, 4.69) is 14.9 Å². The first-order chi connectivity index (χ1) is 8.81. The van der Waals surface area contributed by atoms with Crippen LogP contribution in [-0.4, -0.2) is 43.2 Å². The van der Waals surface area contributed by atoms with Crippen molar-refractivity contribution in [3.63, 3.8) is 0 Å². The Morgan fingerprint density at radius 2 is 2.00 bits per heavy atom. The molecule has 2 rings (SSSR count). The zero-order valence-electron chi connectivity index (χ0n) is 11.2. The Labute approximate surface area is 109 Å². The molecule has 2 heterocycles. The fourth-order valence-corrected chi connectivity index (χ4v) is 2.29. The topological polar surface area (TPSA) is 58.3 Å². The van der Waals surface area contributed by atoms with Crippen molar-refractivity contribution in [2.75, 3.05) is 43.0 Å². The molecule has 1 fully saturated rings. The second-order valence-corrected chi connectivity index (χ2v) is 4.83. The van der Waals surface area contributed by atoms with Crippen molar-refractivity contribution in [1.82, 2.24) is 9.97 Å². The molecule has 18 heavy (non-hydrogen) atoms. The third-order valence-corrected chi connectivity index (χ3v) is 3.36. The molecule has 0 aromatic carbocycles. The van der Waals surface area contributed by atoms with Crippen molar-refractivity contribution in [2.45, 2.75) is 25.7 Å². The van der Waals surface area contributed by atoms with E-state index in [9.17, 15) is 0 Å². The second kappa shape index (κ2) is 6.54. The van der Waals surface area contributed by atoms with Gasteiger partial charge in [0.25, 0.3) is 0 Å². The largest absolute Gasteiger partial charge is 0.356 e. The highest BCUT2D eigenvalue weighted by Crippen LogP contribution is 2.18. The SMILES string of the molecule is CN(CCN)c1nccc(N2CCCCCC2)n1. The Morgan fingerprint density at radius 1 is 1.28 bits per heavy atom. The zero-order valence-corrected chi connectivity index (χ0v) is 11.2. The highest BCUT2D eigenvalue weighted by Gasteiger charge is 2.12. The lowest BCUT2D eigenvalue weighted by atomic mass is 10.2. The first kappa shape index (κ1) is 13.1. The molecule has 0 radical (unpaired) electrons. The Bertz CT molecular complexity index is 360. The van der Waals surface area contributed by atoms with E-state index in [0.717, 1.165) is 31.4 Å². The quantitative estimate of drug-likeness (QED) is 0.870. The van der Waals surface area contributed by atoms with E-state index in [1.807, 2.05) is 24.2 Å². The standard InChI is InChI=1S/C13H23N5/c1-17(11-7-14)13-15-8-6-12(16-13)18-9-4-2-3-5-10-18/h6,8H,2-5,7,9-11,14H2,1H3. The average Bonchev–Trinajstić information content (AvgIpc) is 2.68. The van der Waals surface area contributed by atoms with Crippen LogP contribution in [0.2, 0.25) is 0 Å². The predicted molar refractivity (Wildman–Crippen MR) is 75.0 cm³/mol. The van der Waals surface area contributed by atoms with E-state index in [4.69, 9.17) is 5.73 Å². The molecule has 1 saturated heterocycles. The van der Waals surface area contributed by atoms with Gasteiger partial charge in [0, 0.05) is 39.4 Å². The van der Waals surface area contributed by atoms with Crippen LogP contribution in [-0.2, 0) is 0 Å². The lowest BCUT2D eigenvalue weighted by molar-refractivity contribution is 0.726. The molecule has 0 atom stereocenters. The summed E-state index contributed by atoms with van der Waals surface area (Å²) >= 11 is 0. The Morgan fingerprint density at radius 3 is 2.67 bits per heavy atom. The van der Waals surface area contributed by atoms with Gasteiger partial charge in [-0.2, -0.15) is 4.98 Å². The van der Waals surface area contributed by atoms with Crippen LogP contribution in [0, 0.1) is 0 Å². The van der Waals surface area contributed by atoms with Crippen LogP contribution >= 0.6 is 0 Å². The molecule has 0 spiro atoms. The summed E-state index contributed by atoms with van der Waals surface area (Å²) in [7, 11) is 1.98. The van der Waals surface area contributed by atoms with Gasteiger partial charge in [0.2, 0.25) is 5.95 Å². The fourth-order valence-electron chi connectivity index (χ4n) is 2.29. The smallest absolute Gasteiger partial charge is 0.227 e. The van der Waals surface area contributed by atoms with Crippen molar-refractivity contribution < 1.29 is 0 Å². The molecule has 100 valence electrons. The van der Waals surface area contributed by atoms with E-state index < -0.39 is 0 Å². The van der Waals surface area contributed by atoms with Gasteiger partial charge in [-0.3, -0.25) is 0 Å². The fraction of sp³-hybridized carbons (Fsp3) is 0.692. The van der Waals surface area contributed by atoms with Gasteiger partial charge < -0.3 is 15.5 Å². The minimum absolute atomic E-state index is 0.619. The minimum Gasteiger partial charge on any atom is -0.356 e. The van der Waals surface area contributed by atoms with Gasteiger partial charge in [0.15, 0.2) is 0 Å². The van der Waals surface area contributed by atoms with Gasteiger partial charge in [0.05, 0.1) is 0 Å². The summed E-state index contributed by atoms with van der Waals surface area (Å²) in [6, 6.07) is 2.01. The Balaban J connectivity index is 2.10. The summed E-state index contributed by atoms with van der Waals surface area (Å²) in [5.74, 6) is 1.81. The average molecular weight is 249 g/mol. The summed E-state index contributed by atoms with van der Waals surface area (Å²) in [5.41, 5.74) is 5.56. The molecule has 0 amide bonds. The van der Waals surface area contributed by atoms with Crippen LogP contribution < -0.4 is 15.5 Å². The van der Waals surface area contributed by atoms with Crippen molar-refractivity contribution in [1.29, 1.82) is 0 Å². The van der Waals surface area contributed by atoms with Gasteiger partial charge in [-0.15, -0.1) is 0 Å². The Hall–Kier alpha value is -1.36. The maximum absolute atomic E-state index is 5.56. The van der Waals surface area contributed by atoms with Crippen molar-refractivity contribution in [3.05, 3.63) is 12.3 Å². The lowest BCUT2D eigenvalue weighted by Gasteiger charge is -2.23. The van der Waals surface area contributed by atoms with Crippen molar-refractivity contribution >= 4 is 11.8 Å². The molecule has 1 aromatic heterocycles. The third-order valence-electron chi connectivity index (χ3n) is 3.36. The molecule has 5 heteroatoms. The van der Waals surface area contributed by atoms with E-state index in [1.54, 1.807) is 0 Å². The molecule has 0 aliphatic carbocycles. The van der Waals surface area contributed by atoms with Crippen molar-refractivity contribution in [3.8, 4) is 0 Å². The minimum atomic E-state index is 0.619. The summed E-state index contributed by atoms with van der Waals surface area (Å²) < 4.78 is 0. The summed E-state index contributed by atoms with van der Waals surface area (Å²) in [6.07, 6.45) is 7.04. The first-order valence-corrected chi connectivity index (χ1v) is 6.80. The molecule has 1 aromatic rings. The summed E-state index contributed by atoms with van der Waals surface area (Å²) in [5, 5.41) is 0. The number of hydrogen-bond acceptors (Lipinski definition) is 5. The maximum Gasteiger partial charge on any atom is 0.227 e. The maximum atomic E-state index is 5.56. The molecule has 2 N–H and O–H groups in total. The van der Waals surface area contributed by atoms with E-state index >= 15 is 0 Å². The van der Waals surface area contributed by atoms with Crippen LogP contribution in [0.3, 0.4) is 0 Å². The number of likely N-dealkylation sites (N-methyl/N-ethyl adjacent to an activating group) is 1. The number of anilines is 2. The first-order valence-electron chi connectivity index (χ1n) is 6.80. The highest BCUT2D eigenvalue weighted by atomic mass is 15.3. The summed E-state index contributed by atoms with van der Waals surface area (Å²) in [4.78, 5) is 13.3.